The number of hydrogen-bond acceptors (Lipinski definition) is 4. The third-order valence-electron chi connectivity index (χ3n) is 2.42. The number of nitrogens with one attached hydrogen (secondary N) is 1. The molecular formula is C12H12BrN3O2S. The number of aryl methyl sites for hydroxylation is 1. The van der Waals surface area contributed by atoms with Crippen LogP contribution in [0.2, 0.25) is 0 Å². The minimum atomic E-state index is -3.80. The molecule has 0 fully saturated rings. The van der Waals surface area contributed by atoms with Crippen LogP contribution in [0, 0.1) is 6.92 Å². The van der Waals surface area contributed by atoms with Gasteiger partial charge in [0.15, 0.2) is 5.03 Å². The van der Waals surface area contributed by atoms with E-state index in [1.165, 1.54) is 12.3 Å². The maximum Gasteiger partial charge on any atom is 0.281 e. The van der Waals surface area contributed by atoms with Gasteiger partial charge < -0.3 is 5.73 Å². The second-order valence-electron chi connectivity index (χ2n) is 3.99. The molecule has 2 aromatic rings. The van der Waals surface area contributed by atoms with Crippen molar-refractivity contribution in [3.8, 4) is 0 Å². The number of nitrogens with two attached hydrogens (primary N) is 1. The summed E-state index contributed by atoms with van der Waals surface area (Å²) in [6, 6.07) is 8.38. The van der Waals surface area contributed by atoms with E-state index in [0.717, 1.165) is 5.56 Å². The third-order valence-corrected chi connectivity index (χ3v) is 4.42. The largest absolute Gasteiger partial charge is 0.396 e. The van der Waals surface area contributed by atoms with E-state index in [4.69, 9.17) is 5.73 Å². The number of rotatable bonds is 3. The highest BCUT2D eigenvalue weighted by atomic mass is 79.9. The zero-order valence-electron chi connectivity index (χ0n) is 10.1. The van der Waals surface area contributed by atoms with Gasteiger partial charge in [-0.2, -0.15) is 8.42 Å². The van der Waals surface area contributed by atoms with Crippen molar-refractivity contribution in [3.63, 3.8) is 0 Å². The molecule has 7 heteroatoms. The van der Waals surface area contributed by atoms with E-state index < -0.39 is 10.0 Å². The Morgan fingerprint density at radius 2 is 2.05 bits per heavy atom. The van der Waals surface area contributed by atoms with Gasteiger partial charge >= 0.3 is 0 Å². The second-order valence-corrected chi connectivity index (χ2v) is 6.44. The molecule has 0 aliphatic heterocycles. The Morgan fingerprint density at radius 1 is 1.32 bits per heavy atom. The number of hydrogen-bond donors (Lipinski definition) is 2. The topological polar surface area (TPSA) is 85.1 Å². The number of nitrogen functional groups attached to an aromatic ring is 1. The molecule has 100 valence electrons. The molecule has 3 N–H and O–H groups in total. The van der Waals surface area contributed by atoms with Crippen molar-refractivity contribution in [1.29, 1.82) is 0 Å². The molecule has 0 saturated carbocycles. The molecule has 0 aliphatic carbocycles. The molecule has 0 atom stereocenters. The second kappa shape index (κ2) is 5.18. The molecule has 1 aromatic carbocycles. The van der Waals surface area contributed by atoms with Crippen LogP contribution in [0.15, 0.2) is 46.0 Å². The van der Waals surface area contributed by atoms with Gasteiger partial charge in [-0.15, -0.1) is 0 Å². The molecule has 19 heavy (non-hydrogen) atoms. The molecule has 0 unspecified atom stereocenters. The van der Waals surface area contributed by atoms with Crippen molar-refractivity contribution in [2.75, 3.05) is 10.5 Å². The predicted molar refractivity (Wildman–Crippen MR) is 78.3 cm³/mol. The van der Waals surface area contributed by atoms with E-state index in [9.17, 15) is 8.42 Å². The van der Waals surface area contributed by atoms with Crippen LogP contribution in [0.1, 0.15) is 5.56 Å². The summed E-state index contributed by atoms with van der Waals surface area (Å²) >= 11 is 3.31. The average Bonchev–Trinajstić information content (AvgIpc) is 2.33. The summed E-state index contributed by atoms with van der Waals surface area (Å²) in [5, 5.41) is -0.178. The van der Waals surface area contributed by atoms with Crippen LogP contribution in [0.4, 0.5) is 11.4 Å². The standard InChI is InChI=1S/C12H12BrN3O2S/c1-8-4-5-11(9(13)7-8)16-19(17,18)12-10(14)3-2-6-15-12/h2-7,16H,14H2,1H3. The van der Waals surface area contributed by atoms with Gasteiger partial charge in [0, 0.05) is 10.7 Å². The molecular weight excluding hydrogens is 330 g/mol. The van der Waals surface area contributed by atoms with Gasteiger partial charge in [-0.05, 0) is 52.7 Å². The fourth-order valence-corrected chi connectivity index (χ4v) is 3.39. The Morgan fingerprint density at radius 3 is 2.68 bits per heavy atom. The highest BCUT2D eigenvalue weighted by Gasteiger charge is 2.19. The first-order valence-corrected chi connectivity index (χ1v) is 7.67. The van der Waals surface area contributed by atoms with Gasteiger partial charge in [-0.1, -0.05) is 6.07 Å². The Bertz CT molecular complexity index is 717. The smallest absolute Gasteiger partial charge is 0.281 e. The fourth-order valence-electron chi connectivity index (χ4n) is 1.52. The van der Waals surface area contributed by atoms with Gasteiger partial charge in [0.2, 0.25) is 0 Å². The molecule has 0 aliphatic rings. The molecule has 1 aromatic heterocycles. The monoisotopic (exact) mass is 341 g/mol. The van der Waals surface area contributed by atoms with Crippen molar-refractivity contribution in [2.24, 2.45) is 0 Å². The zero-order valence-corrected chi connectivity index (χ0v) is 12.5. The summed E-state index contributed by atoms with van der Waals surface area (Å²) < 4.78 is 27.5. The number of aromatic nitrogens is 1. The van der Waals surface area contributed by atoms with Gasteiger partial charge in [0.25, 0.3) is 10.0 Å². The number of halogens is 1. The lowest BCUT2D eigenvalue weighted by atomic mass is 10.2. The Balaban J connectivity index is 2.40. The van der Waals surface area contributed by atoms with Crippen LogP contribution >= 0.6 is 15.9 Å². The van der Waals surface area contributed by atoms with Crippen molar-refractivity contribution < 1.29 is 8.42 Å². The van der Waals surface area contributed by atoms with Crippen molar-refractivity contribution in [3.05, 3.63) is 46.6 Å². The first kappa shape index (κ1) is 13.8. The van der Waals surface area contributed by atoms with E-state index >= 15 is 0 Å². The minimum Gasteiger partial charge on any atom is -0.396 e. The summed E-state index contributed by atoms with van der Waals surface area (Å²) in [4.78, 5) is 3.80. The van der Waals surface area contributed by atoms with Crippen molar-refractivity contribution >= 4 is 37.3 Å². The first-order chi connectivity index (χ1) is 8.90. The number of anilines is 2. The van der Waals surface area contributed by atoms with Crippen molar-refractivity contribution in [1.82, 2.24) is 4.98 Å². The number of sulfonamides is 1. The van der Waals surface area contributed by atoms with Crippen LogP contribution in [0.25, 0.3) is 0 Å². The van der Waals surface area contributed by atoms with E-state index in [0.29, 0.717) is 10.2 Å². The number of nitrogens with zero attached hydrogens (tertiary/aromatic N) is 1. The summed E-state index contributed by atoms with van der Waals surface area (Å²) in [6.07, 6.45) is 1.38. The van der Waals surface area contributed by atoms with Crippen LogP contribution < -0.4 is 10.5 Å². The summed E-state index contributed by atoms with van der Waals surface area (Å²) in [5.41, 5.74) is 7.20. The molecule has 0 spiro atoms. The Hall–Kier alpha value is -1.60. The quantitative estimate of drug-likeness (QED) is 0.898. The van der Waals surface area contributed by atoms with E-state index in [-0.39, 0.29) is 10.7 Å². The SMILES string of the molecule is Cc1ccc(NS(=O)(=O)c2ncccc2N)c(Br)c1. The normalized spacial score (nSPS) is 11.3. The molecule has 0 radical (unpaired) electrons. The molecule has 0 saturated heterocycles. The summed E-state index contributed by atoms with van der Waals surface area (Å²) in [7, 11) is -3.80. The Kier molecular flexibility index (Phi) is 3.77. The van der Waals surface area contributed by atoms with Crippen LogP contribution in [-0.2, 0) is 10.0 Å². The predicted octanol–water partition coefficient (Wildman–Crippen LogP) is 2.54. The van der Waals surface area contributed by atoms with Gasteiger partial charge in [0.1, 0.15) is 0 Å². The lowest BCUT2D eigenvalue weighted by Gasteiger charge is -2.10. The molecule has 2 rings (SSSR count). The minimum absolute atomic E-state index is 0.109. The average molecular weight is 342 g/mol. The lowest BCUT2D eigenvalue weighted by molar-refractivity contribution is 0.598. The van der Waals surface area contributed by atoms with Gasteiger partial charge in [-0.25, -0.2) is 4.98 Å². The molecule has 5 nitrogen and oxygen atoms in total. The highest BCUT2D eigenvalue weighted by Crippen LogP contribution is 2.26. The summed E-state index contributed by atoms with van der Waals surface area (Å²) in [5.74, 6) is 0. The number of pyridine rings is 1. The first-order valence-electron chi connectivity index (χ1n) is 5.39. The van der Waals surface area contributed by atoms with E-state index in [1.54, 1.807) is 12.1 Å². The molecule has 0 bridgehead atoms. The van der Waals surface area contributed by atoms with Crippen LogP contribution in [0.3, 0.4) is 0 Å². The lowest BCUT2D eigenvalue weighted by Crippen LogP contribution is -2.16. The van der Waals surface area contributed by atoms with Gasteiger partial charge in [0.05, 0.1) is 11.4 Å². The van der Waals surface area contributed by atoms with Crippen LogP contribution in [0.5, 0.6) is 0 Å². The Labute approximate surface area is 120 Å². The fraction of sp³-hybridized carbons (Fsp3) is 0.0833. The maximum absolute atomic E-state index is 12.2. The van der Waals surface area contributed by atoms with Crippen LogP contribution in [-0.4, -0.2) is 13.4 Å². The summed E-state index contributed by atoms with van der Waals surface area (Å²) in [6.45, 7) is 1.92. The molecule has 1 heterocycles. The highest BCUT2D eigenvalue weighted by molar-refractivity contribution is 9.10. The van der Waals surface area contributed by atoms with Crippen molar-refractivity contribution in [2.45, 2.75) is 11.9 Å². The maximum atomic E-state index is 12.2. The van der Waals surface area contributed by atoms with E-state index in [2.05, 4.69) is 25.6 Å². The molecule has 0 amide bonds. The number of benzene rings is 1. The van der Waals surface area contributed by atoms with Gasteiger partial charge in [-0.3, -0.25) is 4.72 Å². The zero-order chi connectivity index (χ0) is 14.0. The van der Waals surface area contributed by atoms with E-state index in [1.807, 2.05) is 19.1 Å². The third kappa shape index (κ3) is 3.05.